The number of nitrogens with one attached hydrogen (secondary N) is 1. The highest BCUT2D eigenvalue weighted by atomic mass is 35.5. The van der Waals surface area contributed by atoms with E-state index in [1.165, 1.54) is 28.6 Å². The summed E-state index contributed by atoms with van der Waals surface area (Å²) in [5.74, 6) is -1.28. The molecule has 0 saturated carbocycles. The van der Waals surface area contributed by atoms with Crippen molar-refractivity contribution in [3.63, 3.8) is 0 Å². The van der Waals surface area contributed by atoms with Crippen molar-refractivity contribution in [1.82, 2.24) is 4.31 Å². The Morgan fingerprint density at radius 3 is 2.57 bits per heavy atom. The van der Waals surface area contributed by atoms with Crippen LogP contribution in [0.4, 0.5) is 10.1 Å². The van der Waals surface area contributed by atoms with Crippen LogP contribution in [0.15, 0.2) is 41.3 Å². The lowest BCUT2D eigenvalue weighted by atomic mass is 10.1. The van der Waals surface area contributed by atoms with Gasteiger partial charge in [0.05, 0.1) is 23.8 Å². The van der Waals surface area contributed by atoms with Gasteiger partial charge in [-0.25, -0.2) is 12.8 Å². The van der Waals surface area contributed by atoms with E-state index in [-0.39, 0.29) is 34.3 Å². The average Bonchev–Trinajstić information content (AvgIpc) is 2.70. The molecule has 0 spiro atoms. The number of carbonyl (C=O) groups is 1. The van der Waals surface area contributed by atoms with Crippen molar-refractivity contribution in [2.45, 2.75) is 18.2 Å². The maximum absolute atomic E-state index is 13.9. The highest BCUT2D eigenvalue weighted by Crippen LogP contribution is 2.25. The summed E-state index contributed by atoms with van der Waals surface area (Å²) in [5, 5.41) is 2.66. The summed E-state index contributed by atoms with van der Waals surface area (Å²) in [7, 11) is -3.77. The van der Waals surface area contributed by atoms with E-state index >= 15 is 0 Å². The second kappa shape index (κ2) is 8.57. The molecule has 1 aliphatic rings. The number of hydrogen-bond donors (Lipinski definition) is 1. The van der Waals surface area contributed by atoms with Crippen LogP contribution in [-0.4, -0.2) is 44.9 Å². The molecule has 0 bridgehead atoms. The summed E-state index contributed by atoms with van der Waals surface area (Å²) in [5.41, 5.74) is 0.700. The van der Waals surface area contributed by atoms with Gasteiger partial charge >= 0.3 is 0 Å². The number of hydrogen-bond acceptors (Lipinski definition) is 4. The predicted octanol–water partition coefficient (Wildman–Crippen LogP) is 3.31. The van der Waals surface area contributed by atoms with Crippen LogP contribution in [0, 0.1) is 5.82 Å². The van der Waals surface area contributed by atoms with Crippen LogP contribution in [0.3, 0.4) is 0 Å². The summed E-state index contributed by atoms with van der Waals surface area (Å²) < 4.78 is 46.6. The molecule has 28 heavy (non-hydrogen) atoms. The number of nitrogens with zero attached hydrogens (tertiary/aromatic N) is 1. The molecule has 150 valence electrons. The zero-order chi connectivity index (χ0) is 20.3. The van der Waals surface area contributed by atoms with Gasteiger partial charge in [0.2, 0.25) is 10.0 Å². The van der Waals surface area contributed by atoms with Crippen molar-refractivity contribution in [2.75, 3.05) is 31.6 Å². The summed E-state index contributed by atoms with van der Waals surface area (Å²) in [6.07, 6.45) is 0.493. The molecule has 0 aromatic heterocycles. The molecule has 1 fully saturated rings. The van der Waals surface area contributed by atoms with Gasteiger partial charge in [-0.2, -0.15) is 4.31 Å². The minimum Gasteiger partial charge on any atom is -0.379 e. The molecule has 6 nitrogen and oxygen atoms in total. The first-order chi connectivity index (χ1) is 13.3. The van der Waals surface area contributed by atoms with Crippen molar-refractivity contribution >= 4 is 33.2 Å². The van der Waals surface area contributed by atoms with Crippen molar-refractivity contribution in [1.29, 1.82) is 0 Å². The second-order valence-electron chi connectivity index (χ2n) is 6.27. The summed E-state index contributed by atoms with van der Waals surface area (Å²) in [6.45, 7) is 3.03. The Morgan fingerprint density at radius 2 is 1.93 bits per heavy atom. The highest BCUT2D eigenvalue weighted by Gasteiger charge is 2.29. The molecule has 0 aliphatic carbocycles. The van der Waals surface area contributed by atoms with Gasteiger partial charge in [-0.05, 0) is 42.3 Å². The Labute approximate surface area is 168 Å². The highest BCUT2D eigenvalue weighted by molar-refractivity contribution is 7.89. The Hall–Kier alpha value is -2.00. The van der Waals surface area contributed by atoms with Crippen LogP contribution >= 0.6 is 11.6 Å². The number of rotatable bonds is 5. The van der Waals surface area contributed by atoms with Gasteiger partial charge in [0.15, 0.2) is 0 Å². The lowest BCUT2D eigenvalue weighted by molar-refractivity contribution is 0.0730. The zero-order valence-electron chi connectivity index (χ0n) is 15.2. The molecule has 1 aliphatic heterocycles. The molecule has 1 heterocycles. The Morgan fingerprint density at radius 1 is 1.21 bits per heavy atom. The molecule has 0 atom stereocenters. The van der Waals surface area contributed by atoms with E-state index < -0.39 is 21.7 Å². The van der Waals surface area contributed by atoms with Crippen LogP contribution < -0.4 is 5.32 Å². The molecule has 1 amide bonds. The molecule has 9 heteroatoms. The average molecular weight is 427 g/mol. The standard InChI is InChI=1S/C19H20ClFN2O4S/c1-2-13-3-4-14(19(24)22-17-6-5-15(20)12-16(17)21)11-18(13)28(25,26)23-7-9-27-10-8-23/h3-6,11-12H,2,7-10H2,1H3,(H,22,24). The number of carbonyl (C=O) groups excluding carboxylic acids is 1. The van der Waals surface area contributed by atoms with Gasteiger partial charge in [0.25, 0.3) is 5.91 Å². The fourth-order valence-electron chi connectivity index (χ4n) is 2.94. The lowest BCUT2D eigenvalue weighted by Crippen LogP contribution is -2.41. The number of halogens is 2. The molecule has 2 aromatic rings. The molecule has 2 aromatic carbocycles. The Bertz CT molecular complexity index is 991. The van der Waals surface area contributed by atoms with E-state index in [1.807, 2.05) is 6.92 Å². The van der Waals surface area contributed by atoms with Crippen LogP contribution in [0.5, 0.6) is 0 Å². The van der Waals surface area contributed by atoms with Crippen molar-refractivity contribution in [2.24, 2.45) is 0 Å². The van der Waals surface area contributed by atoms with E-state index in [1.54, 1.807) is 6.07 Å². The van der Waals surface area contributed by atoms with Crippen LogP contribution in [0.2, 0.25) is 5.02 Å². The topological polar surface area (TPSA) is 75.7 Å². The van der Waals surface area contributed by atoms with E-state index in [0.29, 0.717) is 25.2 Å². The molecule has 0 unspecified atom stereocenters. The van der Waals surface area contributed by atoms with Crippen molar-refractivity contribution in [3.8, 4) is 0 Å². The van der Waals surface area contributed by atoms with E-state index in [4.69, 9.17) is 16.3 Å². The largest absolute Gasteiger partial charge is 0.379 e. The van der Waals surface area contributed by atoms with Crippen LogP contribution in [-0.2, 0) is 21.2 Å². The maximum Gasteiger partial charge on any atom is 0.255 e. The molecule has 1 saturated heterocycles. The van der Waals surface area contributed by atoms with Crippen molar-refractivity contribution in [3.05, 3.63) is 58.4 Å². The Kier molecular flexibility index (Phi) is 6.34. The lowest BCUT2D eigenvalue weighted by Gasteiger charge is -2.27. The molecular formula is C19H20ClFN2O4S. The fraction of sp³-hybridized carbons (Fsp3) is 0.316. The number of anilines is 1. The first-order valence-electron chi connectivity index (χ1n) is 8.80. The Balaban J connectivity index is 1.92. The third-order valence-corrected chi connectivity index (χ3v) is 6.69. The number of ether oxygens (including phenoxy) is 1. The monoisotopic (exact) mass is 426 g/mol. The quantitative estimate of drug-likeness (QED) is 0.795. The van der Waals surface area contributed by atoms with Crippen molar-refractivity contribution < 1.29 is 22.3 Å². The van der Waals surface area contributed by atoms with E-state index in [0.717, 1.165) is 6.07 Å². The number of amides is 1. The summed E-state index contributed by atoms with van der Waals surface area (Å²) in [4.78, 5) is 12.7. The number of sulfonamides is 1. The smallest absolute Gasteiger partial charge is 0.255 e. The molecule has 1 N–H and O–H groups in total. The van der Waals surface area contributed by atoms with E-state index in [9.17, 15) is 17.6 Å². The molecular weight excluding hydrogens is 407 g/mol. The summed E-state index contributed by atoms with van der Waals surface area (Å²) >= 11 is 5.72. The van der Waals surface area contributed by atoms with Gasteiger partial charge < -0.3 is 10.1 Å². The first kappa shape index (κ1) is 20.7. The summed E-state index contributed by atoms with van der Waals surface area (Å²) in [6, 6.07) is 8.37. The van der Waals surface area contributed by atoms with E-state index in [2.05, 4.69) is 5.32 Å². The molecule has 3 rings (SSSR count). The number of benzene rings is 2. The van der Waals surface area contributed by atoms with Gasteiger partial charge in [-0.15, -0.1) is 0 Å². The third kappa shape index (κ3) is 4.35. The van der Waals surface area contributed by atoms with Crippen LogP contribution in [0.25, 0.3) is 0 Å². The van der Waals surface area contributed by atoms with Gasteiger partial charge in [-0.1, -0.05) is 24.6 Å². The third-order valence-electron chi connectivity index (χ3n) is 4.48. The number of aryl methyl sites for hydroxylation is 1. The molecule has 0 radical (unpaired) electrons. The minimum atomic E-state index is -3.77. The normalized spacial score (nSPS) is 15.4. The van der Waals surface area contributed by atoms with Gasteiger partial charge in [0, 0.05) is 23.7 Å². The van der Waals surface area contributed by atoms with Gasteiger partial charge in [-0.3, -0.25) is 4.79 Å². The first-order valence-corrected chi connectivity index (χ1v) is 10.6. The number of morpholine rings is 1. The predicted molar refractivity (Wildman–Crippen MR) is 105 cm³/mol. The minimum absolute atomic E-state index is 0.0356. The SMILES string of the molecule is CCc1ccc(C(=O)Nc2ccc(Cl)cc2F)cc1S(=O)(=O)N1CCOCC1. The van der Waals surface area contributed by atoms with Crippen LogP contribution in [0.1, 0.15) is 22.8 Å². The fourth-order valence-corrected chi connectivity index (χ4v) is 4.83. The second-order valence-corrected chi connectivity index (χ2v) is 8.61. The van der Waals surface area contributed by atoms with Gasteiger partial charge in [0.1, 0.15) is 5.82 Å². The maximum atomic E-state index is 13.9. The zero-order valence-corrected chi connectivity index (χ0v) is 16.8.